The molecule has 0 spiro atoms. The molecule has 5 heteroatoms. The van der Waals surface area contributed by atoms with E-state index in [2.05, 4.69) is 4.98 Å². The fourth-order valence-electron chi connectivity index (χ4n) is 1.44. The molecule has 0 aliphatic heterocycles. The van der Waals surface area contributed by atoms with Crippen LogP contribution >= 0.6 is 11.8 Å². The van der Waals surface area contributed by atoms with Crippen LogP contribution in [0.4, 0.5) is 4.39 Å². The topological polar surface area (TPSA) is 43.1 Å². The normalized spacial score (nSPS) is 12.4. The third-order valence-corrected chi connectivity index (χ3v) is 3.33. The van der Waals surface area contributed by atoms with E-state index < -0.39 is 0 Å². The molecule has 0 bridgehead atoms. The number of carbonyl (C=O) groups is 1. The molecule has 0 amide bonds. The third-order valence-electron chi connectivity index (χ3n) is 2.37. The Balaban J connectivity index is 2.07. The summed E-state index contributed by atoms with van der Waals surface area (Å²) in [6.07, 6.45) is 1.54. The maximum Gasteiger partial charge on any atom is 0.256 e. The van der Waals surface area contributed by atoms with Crippen molar-refractivity contribution in [2.45, 2.75) is 24.3 Å². The van der Waals surface area contributed by atoms with Crippen molar-refractivity contribution in [2.75, 3.05) is 0 Å². The molecule has 0 fully saturated rings. The highest BCUT2D eigenvalue weighted by Crippen LogP contribution is 2.24. The number of benzene rings is 1. The fraction of sp³-hybridized carbons (Fsp3) is 0.231. The van der Waals surface area contributed by atoms with Gasteiger partial charge in [0.25, 0.3) is 5.22 Å². The molecule has 0 N–H and O–H groups in total. The van der Waals surface area contributed by atoms with E-state index in [4.69, 9.17) is 4.42 Å². The molecule has 1 atom stereocenters. The molecule has 0 saturated carbocycles. The van der Waals surface area contributed by atoms with E-state index in [1.54, 1.807) is 6.92 Å². The number of aromatic nitrogens is 1. The van der Waals surface area contributed by atoms with Crippen LogP contribution in [0.5, 0.6) is 0 Å². The van der Waals surface area contributed by atoms with E-state index >= 15 is 0 Å². The number of Topliss-reactive ketones (excluding diaryl/α,β-unsaturated/α-hetero) is 1. The van der Waals surface area contributed by atoms with Gasteiger partial charge in [0, 0.05) is 5.56 Å². The van der Waals surface area contributed by atoms with Crippen LogP contribution in [0.2, 0.25) is 0 Å². The zero-order chi connectivity index (χ0) is 13.1. The Bertz CT molecular complexity index is 550. The van der Waals surface area contributed by atoms with Crippen LogP contribution in [-0.4, -0.2) is 16.0 Å². The second-order valence-electron chi connectivity index (χ2n) is 3.89. The van der Waals surface area contributed by atoms with Crippen molar-refractivity contribution in [2.24, 2.45) is 0 Å². The van der Waals surface area contributed by atoms with Crippen LogP contribution in [0.25, 0.3) is 0 Å². The van der Waals surface area contributed by atoms with Crippen molar-refractivity contribution in [3.8, 4) is 0 Å². The van der Waals surface area contributed by atoms with Crippen LogP contribution in [0, 0.1) is 12.7 Å². The lowest BCUT2D eigenvalue weighted by Crippen LogP contribution is -2.13. The van der Waals surface area contributed by atoms with E-state index in [0.29, 0.717) is 10.8 Å². The molecule has 3 nitrogen and oxygen atoms in total. The molecule has 2 rings (SSSR count). The summed E-state index contributed by atoms with van der Waals surface area (Å²) in [5.74, 6) is -0.425. The van der Waals surface area contributed by atoms with Gasteiger partial charge in [0.2, 0.25) is 0 Å². The van der Waals surface area contributed by atoms with Gasteiger partial charge in [0.15, 0.2) is 5.78 Å². The predicted molar refractivity (Wildman–Crippen MR) is 67.3 cm³/mol. The maximum absolute atomic E-state index is 12.8. The number of halogens is 1. The van der Waals surface area contributed by atoms with E-state index in [1.807, 2.05) is 6.92 Å². The van der Waals surface area contributed by atoms with Gasteiger partial charge < -0.3 is 4.42 Å². The molecule has 0 saturated heterocycles. The lowest BCUT2D eigenvalue weighted by Gasteiger charge is -2.07. The van der Waals surface area contributed by atoms with Crippen LogP contribution in [0.1, 0.15) is 23.0 Å². The maximum atomic E-state index is 12.8. The summed E-state index contributed by atoms with van der Waals surface area (Å²) in [4.78, 5) is 16.2. The summed E-state index contributed by atoms with van der Waals surface area (Å²) >= 11 is 1.25. The molecular formula is C13H12FNO2S. The van der Waals surface area contributed by atoms with Gasteiger partial charge in [-0.1, -0.05) is 11.8 Å². The van der Waals surface area contributed by atoms with Crippen LogP contribution in [0.15, 0.2) is 40.2 Å². The van der Waals surface area contributed by atoms with Gasteiger partial charge in [-0.3, -0.25) is 4.79 Å². The Kier molecular flexibility index (Phi) is 3.81. The Morgan fingerprint density at radius 3 is 2.61 bits per heavy atom. The van der Waals surface area contributed by atoms with Gasteiger partial charge in [-0.2, -0.15) is 0 Å². The molecule has 0 aliphatic rings. The zero-order valence-corrected chi connectivity index (χ0v) is 10.8. The number of nitrogens with zero attached hydrogens (tertiary/aromatic N) is 1. The van der Waals surface area contributed by atoms with E-state index in [1.165, 1.54) is 42.3 Å². The zero-order valence-electron chi connectivity index (χ0n) is 10.0. The van der Waals surface area contributed by atoms with Crippen molar-refractivity contribution in [1.29, 1.82) is 0 Å². The minimum absolute atomic E-state index is 0.0733. The highest BCUT2D eigenvalue weighted by atomic mass is 32.2. The third kappa shape index (κ3) is 2.98. The SMILES string of the molecule is Cc1coc(SC(C)C(=O)c2ccc(F)cc2)n1. The van der Waals surface area contributed by atoms with Crippen molar-refractivity contribution in [1.82, 2.24) is 4.98 Å². The second kappa shape index (κ2) is 5.35. The standard InChI is InChI=1S/C13H12FNO2S/c1-8-7-17-13(15-8)18-9(2)12(16)10-3-5-11(14)6-4-10/h3-7,9H,1-2H3. The number of aryl methyl sites for hydroxylation is 1. The monoisotopic (exact) mass is 265 g/mol. The lowest BCUT2D eigenvalue weighted by molar-refractivity contribution is 0.0993. The predicted octanol–water partition coefficient (Wildman–Crippen LogP) is 3.49. The molecule has 94 valence electrons. The Morgan fingerprint density at radius 1 is 1.39 bits per heavy atom. The fourth-order valence-corrected chi connectivity index (χ4v) is 2.29. The largest absolute Gasteiger partial charge is 0.440 e. The smallest absolute Gasteiger partial charge is 0.256 e. The summed E-state index contributed by atoms with van der Waals surface area (Å²) < 4.78 is 17.9. The van der Waals surface area contributed by atoms with Gasteiger partial charge in [-0.15, -0.1) is 0 Å². The van der Waals surface area contributed by atoms with Gasteiger partial charge in [-0.05, 0) is 38.1 Å². The number of carbonyl (C=O) groups excluding carboxylic acids is 1. The first-order valence-electron chi connectivity index (χ1n) is 5.45. The van der Waals surface area contributed by atoms with Crippen LogP contribution in [-0.2, 0) is 0 Å². The van der Waals surface area contributed by atoms with Crippen molar-refractivity contribution in [3.05, 3.63) is 47.6 Å². The molecule has 1 aromatic heterocycles. The van der Waals surface area contributed by atoms with E-state index in [9.17, 15) is 9.18 Å². The van der Waals surface area contributed by atoms with E-state index in [0.717, 1.165) is 5.69 Å². The number of rotatable bonds is 4. The Morgan fingerprint density at radius 2 is 2.06 bits per heavy atom. The van der Waals surface area contributed by atoms with Crippen molar-refractivity contribution < 1.29 is 13.6 Å². The number of thioether (sulfide) groups is 1. The molecule has 1 heterocycles. The van der Waals surface area contributed by atoms with Crippen LogP contribution in [0.3, 0.4) is 0 Å². The number of oxazole rings is 1. The summed E-state index contributed by atoms with van der Waals surface area (Å²) in [6.45, 7) is 3.59. The van der Waals surface area contributed by atoms with Crippen molar-refractivity contribution >= 4 is 17.5 Å². The first-order chi connectivity index (χ1) is 8.56. The Hall–Kier alpha value is -1.62. The highest BCUT2D eigenvalue weighted by Gasteiger charge is 2.18. The molecule has 0 radical (unpaired) electrons. The van der Waals surface area contributed by atoms with Gasteiger partial charge >= 0.3 is 0 Å². The second-order valence-corrected chi connectivity index (χ2v) is 5.18. The molecule has 0 aliphatic carbocycles. The quantitative estimate of drug-likeness (QED) is 0.627. The average molecular weight is 265 g/mol. The van der Waals surface area contributed by atoms with Gasteiger partial charge in [0.1, 0.15) is 12.1 Å². The molecule has 1 unspecified atom stereocenters. The molecule has 1 aromatic carbocycles. The number of hydrogen-bond donors (Lipinski definition) is 0. The van der Waals surface area contributed by atoms with Gasteiger partial charge in [0.05, 0.1) is 10.9 Å². The minimum atomic E-state index is -0.352. The van der Waals surface area contributed by atoms with Crippen LogP contribution < -0.4 is 0 Å². The summed E-state index contributed by atoms with van der Waals surface area (Å²) in [7, 11) is 0. The first kappa shape index (κ1) is 12.8. The summed E-state index contributed by atoms with van der Waals surface area (Å²) in [5.41, 5.74) is 1.26. The molecule has 18 heavy (non-hydrogen) atoms. The highest BCUT2D eigenvalue weighted by molar-refractivity contribution is 8.00. The Labute approximate surface area is 108 Å². The number of ketones is 1. The summed E-state index contributed by atoms with van der Waals surface area (Å²) in [5, 5.41) is 0.143. The first-order valence-corrected chi connectivity index (χ1v) is 6.33. The van der Waals surface area contributed by atoms with E-state index in [-0.39, 0.29) is 16.9 Å². The van der Waals surface area contributed by atoms with Gasteiger partial charge in [-0.25, -0.2) is 9.37 Å². The van der Waals surface area contributed by atoms with Crippen molar-refractivity contribution in [3.63, 3.8) is 0 Å². The lowest BCUT2D eigenvalue weighted by atomic mass is 10.1. The summed E-state index contributed by atoms with van der Waals surface area (Å²) in [6, 6.07) is 5.52. The minimum Gasteiger partial charge on any atom is -0.440 e. The molecular weight excluding hydrogens is 253 g/mol. The molecule has 2 aromatic rings. The number of hydrogen-bond acceptors (Lipinski definition) is 4. The average Bonchev–Trinajstić information content (AvgIpc) is 2.75.